The van der Waals surface area contributed by atoms with Gasteiger partial charge < -0.3 is 10.1 Å². The lowest BCUT2D eigenvalue weighted by molar-refractivity contribution is 0.0837. The third-order valence-electron chi connectivity index (χ3n) is 6.64. The number of carbonyl (C=O) groups excluding carboxylic acids is 1. The molecule has 0 spiro atoms. The molecule has 5 rings (SSSR count). The third-order valence-corrected chi connectivity index (χ3v) is 6.64. The molecule has 2 heterocycles. The van der Waals surface area contributed by atoms with Crippen LogP contribution in [0.2, 0.25) is 0 Å². The minimum Gasteiger partial charge on any atom is -0.492 e. The smallest absolute Gasteiger partial charge is 0.254 e. The first kappa shape index (κ1) is 24.6. The Morgan fingerprint density at radius 1 is 0.946 bits per heavy atom. The molecule has 3 aromatic carbocycles. The number of piperidine rings is 1. The van der Waals surface area contributed by atoms with Crippen LogP contribution in [0.25, 0.3) is 11.4 Å². The SMILES string of the molecule is O=C(NC1CCN(C(COc2ccccc2)c2ccccc2)CC1)c1cnc(-c2cccc(F)c2)nc1. The summed E-state index contributed by atoms with van der Waals surface area (Å²) < 4.78 is 19.6. The molecule has 6 nitrogen and oxygen atoms in total. The van der Waals surface area contributed by atoms with E-state index in [4.69, 9.17) is 4.74 Å². The van der Waals surface area contributed by atoms with E-state index in [1.165, 1.54) is 30.1 Å². The largest absolute Gasteiger partial charge is 0.492 e. The first-order valence-corrected chi connectivity index (χ1v) is 12.5. The van der Waals surface area contributed by atoms with E-state index < -0.39 is 0 Å². The summed E-state index contributed by atoms with van der Waals surface area (Å²) in [5.41, 5.74) is 2.18. The van der Waals surface area contributed by atoms with Crippen LogP contribution in [0, 0.1) is 5.82 Å². The number of halogens is 1. The molecule has 0 saturated carbocycles. The minimum atomic E-state index is -0.351. The van der Waals surface area contributed by atoms with Gasteiger partial charge in [-0.1, -0.05) is 60.7 Å². The van der Waals surface area contributed by atoms with Gasteiger partial charge in [-0.25, -0.2) is 14.4 Å². The summed E-state index contributed by atoms with van der Waals surface area (Å²) in [7, 11) is 0. The van der Waals surface area contributed by atoms with Gasteiger partial charge in [-0.05, 0) is 42.7 Å². The highest BCUT2D eigenvalue weighted by Crippen LogP contribution is 2.26. The highest BCUT2D eigenvalue weighted by atomic mass is 19.1. The summed E-state index contributed by atoms with van der Waals surface area (Å²) in [6, 6.07) is 26.6. The van der Waals surface area contributed by atoms with Crippen LogP contribution in [0.4, 0.5) is 4.39 Å². The van der Waals surface area contributed by atoms with Gasteiger partial charge in [0.05, 0.1) is 11.6 Å². The van der Waals surface area contributed by atoms with E-state index in [2.05, 4.69) is 44.5 Å². The lowest BCUT2D eigenvalue weighted by Gasteiger charge is -2.38. The van der Waals surface area contributed by atoms with E-state index in [9.17, 15) is 9.18 Å². The average molecular weight is 497 g/mol. The van der Waals surface area contributed by atoms with Gasteiger partial charge in [0.2, 0.25) is 0 Å². The van der Waals surface area contributed by atoms with Crippen molar-refractivity contribution in [3.05, 3.63) is 114 Å². The van der Waals surface area contributed by atoms with Gasteiger partial charge in [-0.3, -0.25) is 9.69 Å². The maximum Gasteiger partial charge on any atom is 0.254 e. The molecule has 1 aromatic heterocycles. The molecule has 37 heavy (non-hydrogen) atoms. The van der Waals surface area contributed by atoms with Crippen LogP contribution in [0.5, 0.6) is 5.75 Å². The Kier molecular flexibility index (Phi) is 7.81. The topological polar surface area (TPSA) is 67.4 Å². The van der Waals surface area contributed by atoms with Gasteiger partial charge in [-0.15, -0.1) is 0 Å². The summed E-state index contributed by atoms with van der Waals surface area (Å²) in [5, 5.41) is 3.12. The maximum atomic E-state index is 13.5. The van der Waals surface area contributed by atoms with Gasteiger partial charge in [0.1, 0.15) is 18.2 Å². The number of nitrogens with zero attached hydrogens (tertiary/aromatic N) is 3. The Labute approximate surface area is 216 Å². The molecule has 1 amide bonds. The second-order valence-corrected chi connectivity index (χ2v) is 9.14. The fraction of sp³-hybridized carbons (Fsp3) is 0.233. The number of hydrogen-bond acceptors (Lipinski definition) is 5. The van der Waals surface area contributed by atoms with E-state index in [0.29, 0.717) is 23.6 Å². The Balaban J connectivity index is 1.18. The molecule has 0 aliphatic carbocycles. The second-order valence-electron chi connectivity index (χ2n) is 9.14. The highest BCUT2D eigenvalue weighted by Gasteiger charge is 2.28. The lowest BCUT2D eigenvalue weighted by Crippen LogP contribution is -2.46. The third kappa shape index (κ3) is 6.37. The van der Waals surface area contributed by atoms with Gasteiger partial charge in [0.25, 0.3) is 5.91 Å². The number of benzene rings is 3. The molecule has 7 heteroatoms. The number of nitrogens with one attached hydrogen (secondary N) is 1. The van der Waals surface area contributed by atoms with Crippen molar-refractivity contribution in [2.24, 2.45) is 0 Å². The number of amides is 1. The molecule has 1 fully saturated rings. The van der Waals surface area contributed by atoms with Gasteiger partial charge in [0.15, 0.2) is 5.82 Å². The zero-order chi connectivity index (χ0) is 25.5. The fourth-order valence-corrected chi connectivity index (χ4v) is 4.63. The fourth-order valence-electron chi connectivity index (χ4n) is 4.63. The summed E-state index contributed by atoms with van der Waals surface area (Å²) in [4.78, 5) is 23.8. The van der Waals surface area contributed by atoms with Crippen LogP contribution in [-0.4, -0.2) is 46.5 Å². The molecule has 0 bridgehead atoms. The molecule has 1 aliphatic heterocycles. The maximum absolute atomic E-state index is 13.5. The Morgan fingerprint density at radius 3 is 2.30 bits per heavy atom. The number of hydrogen-bond donors (Lipinski definition) is 1. The quantitative estimate of drug-likeness (QED) is 0.359. The molecule has 1 unspecified atom stereocenters. The number of ether oxygens (including phenoxy) is 1. The number of rotatable bonds is 8. The van der Waals surface area contributed by atoms with E-state index in [-0.39, 0.29) is 23.8 Å². The Bertz CT molecular complexity index is 1290. The first-order valence-electron chi connectivity index (χ1n) is 12.5. The van der Waals surface area contributed by atoms with Crippen molar-refractivity contribution in [1.29, 1.82) is 0 Å². The monoisotopic (exact) mass is 496 g/mol. The predicted octanol–water partition coefficient (Wildman–Crippen LogP) is 5.30. The highest BCUT2D eigenvalue weighted by molar-refractivity contribution is 5.93. The van der Waals surface area contributed by atoms with E-state index in [1.54, 1.807) is 12.1 Å². The lowest BCUT2D eigenvalue weighted by atomic mass is 9.99. The molecular weight excluding hydrogens is 467 g/mol. The normalized spacial score (nSPS) is 15.2. The van der Waals surface area contributed by atoms with Crippen molar-refractivity contribution >= 4 is 5.91 Å². The Hall–Kier alpha value is -4.10. The molecular formula is C30H29FN4O2. The standard InChI is InChI=1S/C30H29FN4O2/c31-25-11-7-10-23(18-25)29-32-19-24(20-33-29)30(36)34-26-14-16-35(17-15-26)28(22-8-3-1-4-9-22)21-37-27-12-5-2-6-13-27/h1-13,18-20,26,28H,14-17,21H2,(H,34,36). The zero-order valence-electron chi connectivity index (χ0n) is 20.5. The number of likely N-dealkylation sites (tertiary alicyclic amines) is 1. The molecule has 1 N–H and O–H groups in total. The Morgan fingerprint density at radius 2 is 1.62 bits per heavy atom. The van der Waals surface area contributed by atoms with Gasteiger partial charge >= 0.3 is 0 Å². The summed E-state index contributed by atoms with van der Waals surface area (Å²) >= 11 is 0. The summed E-state index contributed by atoms with van der Waals surface area (Å²) in [5.74, 6) is 0.692. The van der Waals surface area contributed by atoms with Crippen molar-refractivity contribution in [3.63, 3.8) is 0 Å². The predicted molar refractivity (Wildman–Crippen MR) is 141 cm³/mol. The molecule has 1 saturated heterocycles. The van der Waals surface area contributed by atoms with Crippen LogP contribution >= 0.6 is 0 Å². The molecule has 0 radical (unpaired) electrons. The summed E-state index contributed by atoms with van der Waals surface area (Å²) in [6.07, 6.45) is 4.65. The van der Waals surface area contributed by atoms with Crippen LogP contribution in [-0.2, 0) is 0 Å². The van der Waals surface area contributed by atoms with Crippen LogP contribution in [0.3, 0.4) is 0 Å². The molecule has 4 aromatic rings. The average Bonchev–Trinajstić information content (AvgIpc) is 2.95. The van der Waals surface area contributed by atoms with Crippen molar-refractivity contribution in [2.75, 3.05) is 19.7 Å². The first-order chi connectivity index (χ1) is 18.2. The van der Waals surface area contributed by atoms with Crippen LogP contribution < -0.4 is 10.1 Å². The van der Waals surface area contributed by atoms with Crippen molar-refractivity contribution in [3.8, 4) is 17.1 Å². The van der Waals surface area contributed by atoms with Gasteiger partial charge in [-0.2, -0.15) is 0 Å². The van der Waals surface area contributed by atoms with Crippen molar-refractivity contribution < 1.29 is 13.9 Å². The zero-order valence-corrected chi connectivity index (χ0v) is 20.5. The number of aromatic nitrogens is 2. The number of carbonyl (C=O) groups is 1. The van der Waals surface area contributed by atoms with Crippen LogP contribution in [0.15, 0.2) is 97.3 Å². The number of para-hydroxylation sites is 1. The molecule has 1 atom stereocenters. The second kappa shape index (κ2) is 11.8. The van der Waals surface area contributed by atoms with Crippen molar-refractivity contribution in [1.82, 2.24) is 20.2 Å². The van der Waals surface area contributed by atoms with E-state index >= 15 is 0 Å². The van der Waals surface area contributed by atoms with E-state index in [0.717, 1.165) is 31.7 Å². The molecule has 1 aliphatic rings. The van der Waals surface area contributed by atoms with Crippen molar-refractivity contribution in [2.45, 2.75) is 24.9 Å². The van der Waals surface area contributed by atoms with Gasteiger partial charge in [0, 0.05) is 37.1 Å². The van der Waals surface area contributed by atoms with E-state index in [1.807, 2.05) is 36.4 Å². The minimum absolute atomic E-state index is 0.0677. The molecule has 188 valence electrons. The summed E-state index contributed by atoms with van der Waals surface area (Å²) in [6.45, 7) is 2.25. The van der Waals surface area contributed by atoms with Crippen LogP contribution in [0.1, 0.15) is 34.8 Å².